The number of anilines is 1. The maximum absolute atomic E-state index is 13.0. The van der Waals surface area contributed by atoms with Crippen LogP contribution in [0.4, 0.5) is 10.5 Å². The molecule has 0 bridgehead atoms. The molecule has 0 saturated carbocycles. The first-order valence-electron chi connectivity index (χ1n) is 8.41. The summed E-state index contributed by atoms with van der Waals surface area (Å²) >= 11 is 6.76. The van der Waals surface area contributed by atoms with Crippen molar-refractivity contribution in [1.82, 2.24) is 5.32 Å². The van der Waals surface area contributed by atoms with E-state index >= 15 is 0 Å². The summed E-state index contributed by atoms with van der Waals surface area (Å²) < 4.78 is 6.99. The van der Waals surface area contributed by atoms with Gasteiger partial charge in [-0.2, -0.15) is 0 Å². The third-order valence-electron chi connectivity index (χ3n) is 4.07. The third kappa shape index (κ3) is 4.02. The number of hydrogen-bond donors (Lipinski definition) is 1. The van der Waals surface area contributed by atoms with Gasteiger partial charge in [-0.3, -0.25) is 14.9 Å². The molecular weight excluding hydrogens is 492 g/mol. The van der Waals surface area contributed by atoms with Gasteiger partial charge in [0.25, 0.3) is 11.8 Å². The van der Waals surface area contributed by atoms with Gasteiger partial charge in [0.15, 0.2) is 0 Å². The van der Waals surface area contributed by atoms with Crippen LogP contribution in [0.5, 0.6) is 5.75 Å². The van der Waals surface area contributed by atoms with E-state index in [-0.39, 0.29) is 5.57 Å². The van der Waals surface area contributed by atoms with Gasteiger partial charge in [0, 0.05) is 4.47 Å². The van der Waals surface area contributed by atoms with E-state index in [1.54, 1.807) is 43.3 Å². The summed E-state index contributed by atoms with van der Waals surface area (Å²) in [7, 11) is 0. The van der Waals surface area contributed by atoms with Crippen molar-refractivity contribution in [3.05, 3.63) is 62.0 Å². The van der Waals surface area contributed by atoms with Crippen LogP contribution in [0, 0.1) is 6.92 Å². The summed E-state index contributed by atoms with van der Waals surface area (Å²) in [5.41, 5.74) is 1.63. The van der Waals surface area contributed by atoms with E-state index in [0.717, 1.165) is 14.9 Å². The van der Waals surface area contributed by atoms with Crippen molar-refractivity contribution >= 4 is 61.5 Å². The number of nitrogens with one attached hydrogen (secondary N) is 1. The molecule has 0 aromatic heterocycles. The lowest BCUT2D eigenvalue weighted by atomic mass is 10.1. The molecule has 4 amide bonds. The van der Waals surface area contributed by atoms with Gasteiger partial charge >= 0.3 is 6.03 Å². The largest absolute Gasteiger partial charge is 0.493 e. The van der Waals surface area contributed by atoms with Gasteiger partial charge in [0.1, 0.15) is 11.3 Å². The van der Waals surface area contributed by atoms with E-state index in [9.17, 15) is 14.4 Å². The van der Waals surface area contributed by atoms with Crippen molar-refractivity contribution in [3.8, 4) is 5.75 Å². The fraction of sp³-hybridized carbons (Fsp3) is 0.150. The Hall–Kier alpha value is -2.45. The fourth-order valence-corrected chi connectivity index (χ4v) is 3.78. The summed E-state index contributed by atoms with van der Waals surface area (Å²) in [6, 6.07) is 9.61. The molecule has 1 aliphatic rings. The molecule has 1 N–H and O–H groups in total. The number of carbonyl (C=O) groups excluding carboxylic acids is 3. The number of aryl methyl sites for hydroxylation is 1. The molecule has 2 aromatic carbocycles. The predicted molar refractivity (Wildman–Crippen MR) is 113 cm³/mol. The second-order valence-electron chi connectivity index (χ2n) is 6.01. The molecule has 144 valence electrons. The van der Waals surface area contributed by atoms with Gasteiger partial charge in [-0.1, -0.05) is 22.0 Å². The van der Waals surface area contributed by atoms with E-state index in [1.807, 2.05) is 6.92 Å². The van der Waals surface area contributed by atoms with Gasteiger partial charge < -0.3 is 4.74 Å². The molecule has 0 unspecified atom stereocenters. The lowest BCUT2D eigenvalue weighted by molar-refractivity contribution is -0.122. The molecule has 28 heavy (non-hydrogen) atoms. The first kappa shape index (κ1) is 20.3. The second-order valence-corrected chi connectivity index (χ2v) is 7.78. The number of halogens is 2. The summed E-state index contributed by atoms with van der Waals surface area (Å²) in [6.07, 6.45) is 1.45. The molecule has 0 atom stereocenters. The minimum atomic E-state index is -0.773. The number of imide groups is 2. The quantitative estimate of drug-likeness (QED) is 0.485. The van der Waals surface area contributed by atoms with Crippen LogP contribution in [0.1, 0.15) is 18.1 Å². The van der Waals surface area contributed by atoms with Crippen LogP contribution in [-0.4, -0.2) is 24.5 Å². The van der Waals surface area contributed by atoms with Crippen LogP contribution < -0.4 is 15.0 Å². The molecule has 1 fully saturated rings. The number of ether oxygens (including phenoxy) is 1. The number of carbonyl (C=O) groups is 3. The number of rotatable bonds is 4. The van der Waals surface area contributed by atoms with Crippen LogP contribution in [0.15, 0.2) is 50.9 Å². The fourth-order valence-electron chi connectivity index (χ4n) is 2.79. The van der Waals surface area contributed by atoms with Crippen molar-refractivity contribution in [2.45, 2.75) is 13.8 Å². The lowest BCUT2D eigenvalue weighted by Gasteiger charge is -2.27. The minimum absolute atomic E-state index is 0.127. The molecule has 6 nitrogen and oxygen atoms in total. The molecule has 2 aromatic rings. The van der Waals surface area contributed by atoms with E-state index in [1.165, 1.54) is 6.08 Å². The summed E-state index contributed by atoms with van der Waals surface area (Å²) in [5, 5.41) is 2.23. The summed E-state index contributed by atoms with van der Waals surface area (Å²) in [5.74, 6) is -0.749. The maximum atomic E-state index is 13.0. The van der Waals surface area contributed by atoms with Gasteiger partial charge in [0.05, 0.1) is 16.8 Å². The number of nitrogens with zero attached hydrogens (tertiary/aromatic N) is 1. The minimum Gasteiger partial charge on any atom is -0.493 e. The normalized spacial score (nSPS) is 15.8. The zero-order valence-electron chi connectivity index (χ0n) is 15.1. The topological polar surface area (TPSA) is 75.7 Å². The Morgan fingerprint density at radius 1 is 1.11 bits per heavy atom. The van der Waals surface area contributed by atoms with Crippen LogP contribution in [-0.2, 0) is 9.59 Å². The Bertz CT molecular complexity index is 1020. The van der Waals surface area contributed by atoms with Gasteiger partial charge in [-0.05, 0) is 77.3 Å². The molecule has 8 heteroatoms. The first-order valence-corrected chi connectivity index (χ1v) is 10.0. The van der Waals surface area contributed by atoms with Crippen molar-refractivity contribution in [3.63, 3.8) is 0 Å². The van der Waals surface area contributed by atoms with Crippen LogP contribution in [0.2, 0.25) is 0 Å². The van der Waals surface area contributed by atoms with Crippen molar-refractivity contribution in [2.75, 3.05) is 11.5 Å². The highest BCUT2D eigenvalue weighted by Crippen LogP contribution is 2.29. The number of benzene rings is 2. The molecule has 1 aliphatic heterocycles. The Morgan fingerprint density at radius 3 is 2.50 bits per heavy atom. The Morgan fingerprint density at radius 2 is 1.86 bits per heavy atom. The highest BCUT2D eigenvalue weighted by Gasteiger charge is 2.37. The Balaban J connectivity index is 2.00. The average Bonchev–Trinajstić information content (AvgIpc) is 2.62. The number of barbiturate groups is 1. The maximum Gasteiger partial charge on any atom is 0.335 e. The van der Waals surface area contributed by atoms with Crippen LogP contribution >= 0.6 is 31.9 Å². The SMILES string of the molecule is CCOc1ccc(/C=C2/C(=O)NC(=O)N(c3ccc(Br)cc3C)C2=O)cc1Br. The third-order valence-corrected chi connectivity index (χ3v) is 5.18. The highest BCUT2D eigenvalue weighted by atomic mass is 79.9. The van der Waals surface area contributed by atoms with Gasteiger partial charge in [0.2, 0.25) is 0 Å². The summed E-state index contributed by atoms with van der Waals surface area (Å²) in [4.78, 5) is 38.6. The Labute approximate surface area is 178 Å². The van der Waals surface area contributed by atoms with E-state index < -0.39 is 17.8 Å². The van der Waals surface area contributed by atoms with Gasteiger partial charge in [-0.15, -0.1) is 0 Å². The second kappa shape index (κ2) is 8.28. The monoisotopic (exact) mass is 506 g/mol. The number of hydrogen-bond acceptors (Lipinski definition) is 4. The highest BCUT2D eigenvalue weighted by molar-refractivity contribution is 9.10. The number of urea groups is 1. The summed E-state index contributed by atoms with van der Waals surface area (Å²) in [6.45, 7) is 4.18. The molecule has 0 aliphatic carbocycles. The molecule has 0 radical (unpaired) electrons. The van der Waals surface area contributed by atoms with E-state index in [2.05, 4.69) is 37.2 Å². The van der Waals surface area contributed by atoms with Crippen LogP contribution in [0.25, 0.3) is 6.08 Å². The van der Waals surface area contributed by atoms with Crippen molar-refractivity contribution < 1.29 is 19.1 Å². The molecule has 1 saturated heterocycles. The van der Waals surface area contributed by atoms with Gasteiger partial charge in [-0.25, -0.2) is 9.69 Å². The average molecular weight is 508 g/mol. The zero-order chi connectivity index (χ0) is 20.4. The Kier molecular flexibility index (Phi) is 6.00. The predicted octanol–water partition coefficient (Wildman–Crippen LogP) is 4.59. The zero-order valence-corrected chi connectivity index (χ0v) is 18.3. The van der Waals surface area contributed by atoms with Crippen molar-refractivity contribution in [2.24, 2.45) is 0 Å². The number of amides is 4. The smallest absolute Gasteiger partial charge is 0.335 e. The molecule has 0 spiro atoms. The molecular formula is C20H16Br2N2O4. The first-order chi connectivity index (χ1) is 13.3. The molecule has 1 heterocycles. The van der Waals surface area contributed by atoms with Crippen LogP contribution in [0.3, 0.4) is 0 Å². The van der Waals surface area contributed by atoms with E-state index in [4.69, 9.17) is 4.74 Å². The van der Waals surface area contributed by atoms with Crippen molar-refractivity contribution in [1.29, 1.82) is 0 Å². The lowest BCUT2D eigenvalue weighted by Crippen LogP contribution is -2.54. The van der Waals surface area contributed by atoms with E-state index in [0.29, 0.717) is 28.1 Å². The molecule has 3 rings (SSSR count). The standard InChI is InChI=1S/C20H16Br2N2O4/c1-3-28-17-7-4-12(10-15(17)22)9-14-18(25)23-20(27)24(19(14)26)16-6-5-13(21)8-11(16)2/h4-10H,3H2,1-2H3,(H,23,25,27)/b14-9-.